The molecule has 0 aliphatic heterocycles. The molecule has 0 fully saturated rings. The van der Waals surface area contributed by atoms with Gasteiger partial charge in [0.15, 0.2) is 6.20 Å². The monoisotopic (exact) mass is 301 g/mol. The van der Waals surface area contributed by atoms with Crippen molar-refractivity contribution in [1.82, 2.24) is 9.97 Å². The summed E-state index contributed by atoms with van der Waals surface area (Å²) >= 11 is 3.05. The second-order valence-electron chi connectivity index (χ2n) is 4.01. The van der Waals surface area contributed by atoms with E-state index >= 15 is 0 Å². The van der Waals surface area contributed by atoms with Crippen LogP contribution in [0.1, 0.15) is 5.69 Å². The number of pyridine rings is 2. The Morgan fingerprint density at radius 2 is 2.10 bits per heavy atom. The van der Waals surface area contributed by atoms with E-state index in [1.807, 2.05) is 35.7 Å². The molecular formula is C14H11N3OS2. The van der Waals surface area contributed by atoms with Crippen LogP contribution in [-0.4, -0.2) is 9.97 Å². The van der Waals surface area contributed by atoms with Gasteiger partial charge < -0.3 is 5.21 Å². The lowest BCUT2D eigenvalue weighted by atomic mass is 10.4. The van der Waals surface area contributed by atoms with Crippen molar-refractivity contribution in [3.8, 4) is 10.7 Å². The van der Waals surface area contributed by atoms with Crippen LogP contribution in [0.25, 0.3) is 10.7 Å². The fourth-order valence-electron chi connectivity index (χ4n) is 1.65. The van der Waals surface area contributed by atoms with Crippen LogP contribution in [0, 0.1) is 5.21 Å². The molecular weight excluding hydrogens is 290 g/mol. The molecule has 0 atom stereocenters. The van der Waals surface area contributed by atoms with Crippen molar-refractivity contribution in [1.29, 1.82) is 0 Å². The van der Waals surface area contributed by atoms with Gasteiger partial charge in [0.2, 0.25) is 0 Å². The van der Waals surface area contributed by atoms with E-state index in [9.17, 15) is 5.21 Å². The summed E-state index contributed by atoms with van der Waals surface area (Å²) < 4.78 is 0.872. The Labute approximate surface area is 124 Å². The van der Waals surface area contributed by atoms with Gasteiger partial charge in [-0.2, -0.15) is 4.73 Å². The lowest BCUT2D eigenvalue weighted by molar-refractivity contribution is -0.645. The zero-order chi connectivity index (χ0) is 13.8. The van der Waals surface area contributed by atoms with E-state index in [4.69, 9.17) is 0 Å². The molecule has 0 saturated heterocycles. The lowest BCUT2D eigenvalue weighted by Gasteiger charge is -2.01. The van der Waals surface area contributed by atoms with Crippen molar-refractivity contribution in [2.75, 3.05) is 0 Å². The second-order valence-corrected chi connectivity index (χ2v) is 5.87. The average Bonchev–Trinajstić information content (AvgIpc) is 2.96. The molecule has 0 aromatic carbocycles. The number of thioether (sulfide) groups is 1. The fourth-order valence-corrected chi connectivity index (χ4v) is 3.36. The minimum Gasteiger partial charge on any atom is -0.618 e. The van der Waals surface area contributed by atoms with Crippen molar-refractivity contribution in [2.45, 2.75) is 10.8 Å². The van der Waals surface area contributed by atoms with Gasteiger partial charge in [-0.25, -0.2) is 4.98 Å². The smallest absolute Gasteiger partial charge is 0.251 e. The summed E-state index contributed by atoms with van der Waals surface area (Å²) in [5, 5.41) is 15.1. The van der Waals surface area contributed by atoms with E-state index in [0.29, 0.717) is 10.8 Å². The Morgan fingerprint density at radius 3 is 2.90 bits per heavy atom. The lowest BCUT2D eigenvalue weighted by Crippen LogP contribution is -2.27. The minimum absolute atomic E-state index is 0.676. The van der Waals surface area contributed by atoms with E-state index in [0.717, 1.165) is 21.1 Å². The first-order valence-electron chi connectivity index (χ1n) is 6.00. The number of thiazole rings is 1. The highest BCUT2D eigenvalue weighted by molar-refractivity contribution is 7.98. The summed E-state index contributed by atoms with van der Waals surface area (Å²) in [6, 6.07) is 11.2. The molecule has 0 amide bonds. The average molecular weight is 301 g/mol. The molecule has 6 heteroatoms. The SMILES string of the molecule is [O-][n+]1ccccc1SCc1csc(-c2ccccn2)n1. The van der Waals surface area contributed by atoms with Crippen molar-refractivity contribution >= 4 is 23.1 Å². The predicted octanol–water partition coefficient (Wildman–Crippen LogP) is 3.13. The molecule has 4 nitrogen and oxygen atoms in total. The van der Waals surface area contributed by atoms with Gasteiger partial charge in [-0.05, 0) is 30.0 Å². The van der Waals surface area contributed by atoms with Crippen molar-refractivity contribution in [3.63, 3.8) is 0 Å². The van der Waals surface area contributed by atoms with Crippen LogP contribution in [0.2, 0.25) is 0 Å². The van der Waals surface area contributed by atoms with Crippen LogP contribution < -0.4 is 4.73 Å². The third-order valence-corrected chi connectivity index (χ3v) is 4.56. The van der Waals surface area contributed by atoms with Crippen molar-refractivity contribution in [2.24, 2.45) is 0 Å². The third kappa shape index (κ3) is 2.97. The Kier molecular flexibility index (Phi) is 3.94. The van der Waals surface area contributed by atoms with Gasteiger partial charge in [0.05, 0.1) is 11.4 Å². The van der Waals surface area contributed by atoms with Gasteiger partial charge in [0.25, 0.3) is 5.03 Å². The van der Waals surface area contributed by atoms with E-state index in [2.05, 4.69) is 9.97 Å². The van der Waals surface area contributed by atoms with E-state index in [1.165, 1.54) is 18.0 Å². The molecule has 3 heterocycles. The first-order chi connectivity index (χ1) is 9.83. The Bertz CT molecular complexity index is 700. The molecule has 0 N–H and O–H groups in total. The van der Waals surface area contributed by atoms with E-state index in [1.54, 1.807) is 23.6 Å². The number of nitrogens with zero attached hydrogens (tertiary/aromatic N) is 3. The topological polar surface area (TPSA) is 52.7 Å². The quantitative estimate of drug-likeness (QED) is 0.422. The van der Waals surface area contributed by atoms with Crippen molar-refractivity contribution < 1.29 is 4.73 Å². The third-order valence-electron chi connectivity index (χ3n) is 2.59. The summed E-state index contributed by atoms with van der Waals surface area (Å²) in [5.74, 6) is 0.676. The second kappa shape index (κ2) is 6.02. The summed E-state index contributed by atoms with van der Waals surface area (Å²) in [6.45, 7) is 0. The molecule has 0 spiro atoms. The molecule has 3 rings (SSSR count). The zero-order valence-electron chi connectivity index (χ0n) is 10.5. The molecule has 0 radical (unpaired) electrons. The summed E-state index contributed by atoms with van der Waals surface area (Å²) in [7, 11) is 0. The van der Waals surface area contributed by atoms with Crippen LogP contribution in [0.4, 0.5) is 0 Å². The van der Waals surface area contributed by atoms with Gasteiger partial charge in [-0.1, -0.05) is 6.07 Å². The molecule has 3 aromatic rings. The van der Waals surface area contributed by atoms with Gasteiger partial charge in [-0.15, -0.1) is 11.3 Å². The molecule has 100 valence electrons. The number of rotatable bonds is 4. The van der Waals surface area contributed by atoms with E-state index in [-0.39, 0.29) is 0 Å². The van der Waals surface area contributed by atoms with Crippen LogP contribution >= 0.6 is 23.1 Å². The van der Waals surface area contributed by atoms with Crippen LogP contribution in [0.5, 0.6) is 0 Å². The first-order valence-corrected chi connectivity index (χ1v) is 7.86. The Morgan fingerprint density at radius 1 is 1.20 bits per heavy atom. The number of aromatic nitrogens is 3. The molecule has 20 heavy (non-hydrogen) atoms. The van der Waals surface area contributed by atoms with Gasteiger partial charge in [0, 0.05) is 29.5 Å². The maximum Gasteiger partial charge on any atom is 0.251 e. The summed E-state index contributed by atoms with van der Waals surface area (Å²) in [5.41, 5.74) is 1.84. The van der Waals surface area contributed by atoms with Gasteiger partial charge in [0.1, 0.15) is 5.01 Å². The van der Waals surface area contributed by atoms with Gasteiger partial charge in [-0.3, -0.25) is 4.98 Å². The maximum absolute atomic E-state index is 11.5. The molecule has 0 aliphatic rings. The van der Waals surface area contributed by atoms with E-state index < -0.39 is 0 Å². The number of hydrogen-bond acceptors (Lipinski definition) is 5. The highest BCUT2D eigenvalue weighted by Gasteiger charge is 2.09. The molecule has 0 saturated carbocycles. The minimum atomic E-state index is 0.676. The first kappa shape index (κ1) is 13.1. The molecule has 0 aliphatic carbocycles. The normalized spacial score (nSPS) is 10.6. The zero-order valence-corrected chi connectivity index (χ0v) is 12.1. The standard InChI is InChI=1S/C14H11N3OS2/c18-17-8-4-2-6-13(17)19-9-11-10-20-14(16-11)12-5-1-3-7-15-12/h1-8,10H,9H2. The van der Waals surface area contributed by atoms with Crippen LogP contribution in [0.15, 0.2) is 59.2 Å². The number of hydrogen-bond donors (Lipinski definition) is 0. The molecule has 0 unspecified atom stereocenters. The van der Waals surface area contributed by atoms with Crippen LogP contribution in [0.3, 0.4) is 0 Å². The molecule has 3 aromatic heterocycles. The maximum atomic E-state index is 11.5. The largest absolute Gasteiger partial charge is 0.618 e. The summed E-state index contributed by atoms with van der Waals surface area (Å²) in [4.78, 5) is 8.83. The van der Waals surface area contributed by atoms with Gasteiger partial charge >= 0.3 is 0 Å². The fraction of sp³-hybridized carbons (Fsp3) is 0.0714. The highest BCUT2D eigenvalue weighted by atomic mass is 32.2. The Hall–Kier alpha value is -1.92. The van der Waals surface area contributed by atoms with Crippen molar-refractivity contribution in [3.05, 3.63) is 65.1 Å². The molecule has 0 bridgehead atoms. The Balaban J connectivity index is 1.71. The van der Waals surface area contributed by atoms with Crippen LogP contribution in [-0.2, 0) is 5.75 Å². The highest BCUT2D eigenvalue weighted by Crippen LogP contribution is 2.25. The predicted molar refractivity (Wildman–Crippen MR) is 80.3 cm³/mol. The summed E-state index contributed by atoms with van der Waals surface area (Å²) in [6.07, 6.45) is 3.26.